The molecule has 0 aliphatic carbocycles. The Morgan fingerprint density at radius 2 is 1.86 bits per heavy atom. The van der Waals surface area contributed by atoms with Crippen LogP contribution in [0.4, 0.5) is 13.2 Å². The quantitative estimate of drug-likeness (QED) is 0.303. The van der Waals surface area contributed by atoms with Gasteiger partial charge >= 0.3 is 6.18 Å². The zero-order valence-corrected chi connectivity index (χ0v) is 15.0. The molecule has 0 saturated heterocycles. The van der Waals surface area contributed by atoms with Gasteiger partial charge in [-0.2, -0.15) is 13.2 Å². The van der Waals surface area contributed by atoms with Crippen LogP contribution < -0.4 is 10.6 Å². The second-order valence-corrected chi connectivity index (χ2v) is 4.68. The first-order valence-electron chi connectivity index (χ1n) is 7.12. The average Bonchev–Trinajstić information content (AvgIpc) is 2.34. The third kappa shape index (κ3) is 14.5. The summed E-state index contributed by atoms with van der Waals surface area (Å²) >= 11 is 0. The minimum Gasteiger partial charge on any atom is -0.396 e. The predicted octanol–water partition coefficient (Wildman–Crippen LogP) is 2.91. The SMILES string of the molecule is CCCC(CCO)CN=C(NCC)NCCC(F)(F)F.I. The Labute approximate surface area is 142 Å². The van der Waals surface area contributed by atoms with E-state index in [-0.39, 0.29) is 43.0 Å². The number of aliphatic hydroxyl groups is 1. The molecule has 1 atom stereocenters. The fourth-order valence-corrected chi connectivity index (χ4v) is 1.80. The fourth-order valence-electron chi connectivity index (χ4n) is 1.80. The van der Waals surface area contributed by atoms with Crippen LogP contribution in [0.15, 0.2) is 4.99 Å². The van der Waals surface area contributed by atoms with E-state index in [4.69, 9.17) is 5.11 Å². The highest BCUT2D eigenvalue weighted by molar-refractivity contribution is 14.0. The molecule has 0 aromatic heterocycles. The molecule has 0 fully saturated rings. The van der Waals surface area contributed by atoms with Crippen molar-refractivity contribution in [2.75, 3.05) is 26.2 Å². The highest BCUT2D eigenvalue weighted by Gasteiger charge is 2.26. The number of alkyl halides is 3. The maximum Gasteiger partial charge on any atom is 0.390 e. The summed E-state index contributed by atoms with van der Waals surface area (Å²) in [6.45, 7) is 4.94. The van der Waals surface area contributed by atoms with Crippen molar-refractivity contribution >= 4 is 29.9 Å². The Bertz CT molecular complexity index is 270. The first-order valence-corrected chi connectivity index (χ1v) is 7.12. The van der Waals surface area contributed by atoms with Gasteiger partial charge < -0.3 is 15.7 Å². The molecular weight excluding hydrogens is 398 g/mol. The van der Waals surface area contributed by atoms with Crippen molar-refractivity contribution in [3.63, 3.8) is 0 Å². The van der Waals surface area contributed by atoms with Crippen LogP contribution in [-0.2, 0) is 0 Å². The number of aliphatic imine (C=N–C) groups is 1. The summed E-state index contributed by atoms with van der Waals surface area (Å²) in [7, 11) is 0. The van der Waals surface area contributed by atoms with Crippen LogP contribution in [-0.4, -0.2) is 43.5 Å². The van der Waals surface area contributed by atoms with Crippen molar-refractivity contribution in [1.29, 1.82) is 0 Å². The van der Waals surface area contributed by atoms with E-state index in [1.54, 1.807) is 0 Å². The molecular formula is C13H27F3IN3O. The van der Waals surface area contributed by atoms with E-state index >= 15 is 0 Å². The minimum atomic E-state index is -4.16. The maximum atomic E-state index is 12.1. The lowest BCUT2D eigenvalue weighted by Crippen LogP contribution is -2.39. The van der Waals surface area contributed by atoms with Gasteiger partial charge in [-0.1, -0.05) is 13.3 Å². The van der Waals surface area contributed by atoms with Crippen molar-refractivity contribution in [3.05, 3.63) is 0 Å². The van der Waals surface area contributed by atoms with Gasteiger partial charge in [-0.3, -0.25) is 4.99 Å². The molecule has 21 heavy (non-hydrogen) atoms. The van der Waals surface area contributed by atoms with E-state index < -0.39 is 12.6 Å². The lowest BCUT2D eigenvalue weighted by molar-refractivity contribution is -0.132. The Kier molecular flexibility index (Phi) is 14.7. The minimum absolute atomic E-state index is 0. The third-order valence-corrected chi connectivity index (χ3v) is 2.79. The molecule has 0 amide bonds. The molecule has 1 unspecified atom stereocenters. The zero-order chi connectivity index (χ0) is 15.4. The van der Waals surface area contributed by atoms with Crippen molar-refractivity contribution < 1.29 is 18.3 Å². The van der Waals surface area contributed by atoms with Crippen LogP contribution in [0.3, 0.4) is 0 Å². The molecule has 0 spiro atoms. The van der Waals surface area contributed by atoms with Crippen LogP contribution in [0.5, 0.6) is 0 Å². The van der Waals surface area contributed by atoms with Crippen molar-refractivity contribution in [2.24, 2.45) is 10.9 Å². The average molecular weight is 425 g/mol. The van der Waals surface area contributed by atoms with Crippen molar-refractivity contribution in [2.45, 2.75) is 45.7 Å². The van der Waals surface area contributed by atoms with Crippen LogP contribution >= 0.6 is 24.0 Å². The maximum absolute atomic E-state index is 12.1. The summed E-state index contributed by atoms with van der Waals surface area (Å²) in [5, 5.41) is 14.5. The molecule has 3 N–H and O–H groups in total. The molecule has 4 nitrogen and oxygen atoms in total. The van der Waals surface area contributed by atoms with Crippen molar-refractivity contribution in [1.82, 2.24) is 10.6 Å². The first kappa shape index (κ1) is 23.0. The molecule has 0 saturated carbocycles. The van der Waals surface area contributed by atoms with Gasteiger partial charge in [0.05, 0.1) is 6.42 Å². The monoisotopic (exact) mass is 425 g/mol. The van der Waals surface area contributed by atoms with E-state index in [0.29, 0.717) is 25.5 Å². The summed E-state index contributed by atoms with van der Waals surface area (Å²) in [6, 6.07) is 0. The Hall–Kier alpha value is -0.250. The predicted molar refractivity (Wildman–Crippen MR) is 90.2 cm³/mol. The summed E-state index contributed by atoms with van der Waals surface area (Å²) in [5.74, 6) is 0.666. The lowest BCUT2D eigenvalue weighted by atomic mass is 10.0. The summed E-state index contributed by atoms with van der Waals surface area (Å²) in [6.07, 6.45) is -2.43. The number of rotatable bonds is 9. The number of hydrogen-bond acceptors (Lipinski definition) is 2. The molecule has 0 heterocycles. The van der Waals surface area contributed by atoms with Gasteiger partial charge in [-0.05, 0) is 25.7 Å². The number of nitrogens with one attached hydrogen (secondary N) is 2. The first-order chi connectivity index (χ1) is 9.42. The summed E-state index contributed by atoms with van der Waals surface area (Å²) < 4.78 is 36.2. The van der Waals surface area contributed by atoms with Gasteiger partial charge in [0, 0.05) is 26.2 Å². The van der Waals surface area contributed by atoms with E-state index in [1.165, 1.54) is 0 Å². The smallest absolute Gasteiger partial charge is 0.390 e. The standard InChI is InChI=1S/C13H26F3N3O.HI/c1-3-5-11(6-9-20)10-19-12(17-4-2)18-8-7-13(14,15)16;/h11,20H,3-10H2,1-2H3,(H2,17,18,19);1H. The van der Waals surface area contributed by atoms with E-state index in [9.17, 15) is 13.2 Å². The number of nitrogens with zero attached hydrogens (tertiary/aromatic N) is 1. The molecule has 128 valence electrons. The Morgan fingerprint density at radius 1 is 1.19 bits per heavy atom. The van der Waals surface area contributed by atoms with E-state index in [0.717, 1.165) is 12.8 Å². The number of halogens is 4. The molecule has 0 aliphatic heterocycles. The van der Waals surface area contributed by atoms with Gasteiger partial charge in [0.15, 0.2) is 5.96 Å². The lowest BCUT2D eigenvalue weighted by Gasteiger charge is -2.15. The van der Waals surface area contributed by atoms with Gasteiger partial charge in [-0.25, -0.2) is 0 Å². The van der Waals surface area contributed by atoms with Gasteiger partial charge in [0.2, 0.25) is 0 Å². The number of aliphatic hydroxyl groups excluding tert-OH is 1. The van der Waals surface area contributed by atoms with Gasteiger partial charge in [-0.15, -0.1) is 24.0 Å². The van der Waals surface area contributed by atoms with Crippen LogP contribution in [0.2, 0.25) is 0 Å². The second-order valence-electron chi connectivity index (χ2n) is 4.68. The summed E-state index contributed by atoms with van der Waals surface area (Å²) in [5.41, 5.74) is 0. The highest BCUT2D eigenvalue weighted by atomic mass is 127. The van der Waals surface area contributed by atoms with E-state index in [1.807, 2.05) is 6.92 Å². The molecule has 0 aliphatic rings. The largest absolute Gasteiger partial charge is 0.396 e. The summed E-state index contributed by atoms with van der Waals surface area (Å²) in [4.78, 5) is 4.29. The molecule has 0 aromatic carbocycles. The topological polar surface area (TPSA) is 56.7 Å². The molecule has 0 rings (SSSR count). The Morgan fingerprint density at radius 3 is 2.33 bits per heavy atom. The normalized spacial score (nSPS) is 13.5. The second kappa shape index (κ2) is 13.4. The van der Waals surface area contributed by atoms with Crippen molar-refractivity contribution in [3.8, 4) is 0 Å². The number of hydrogen-bond donors (Lipinski definition) is 3. The van der Waals surface area contributed by atoms with Crippen LogP contribution in [0.1, 0.15) is 39.5 Å². The van der Waals surface area contributed by atoms with E-state index in [2.05, 4.69) is 22.5 Å². The fraction of sp³-hybridized carbons (Fsp3) is 0.923. The molecule has 0 bridgehead atoms. The molecule has 0 radical (unpaired) electrons. The highest BCUT2D eigenvalue weighted by Crippen LogP contribution is 2.18. The van der Waals surface area contributed by atoms with Crippen LogP contribution in [0, 0.1) is 5.92 Å². The zero-order valence-electron chi connectivity index (χ0n) is 12.7. The van der Waals surface area contributed by atoms with Crippen LogP contribution in [0.25, 0.3) is 0 Å². The number of guanidine groups is 1. The van der Waals surface area contributed by atoms with Gasteiger partial charge in [0.25, 0.3) is 0 Å². The third-order valence-electron chi connectivity index (χ3n) is 2.79. The van der Waals surface area contributed by atoms with Gasteiger partial charge in [0.1, 0.15) is 0 Å². The molecule has 8 heteroatoms. The Balaban J connectivity index is 0. The molecule has 0 aromatic rings.